The van der Waals surface area contributed by atoms with E-state index in [9.17, 15) is 31.2 Å². The highest BCUT2D eigenvalue weighted by Crippen LogP contribution is 2.48. The molecule has 2 fully saturated rings. The third-order valence-electron chi connectivity index (χ3n) is 8.52. The van der Waals surface area contributed by atoms with Crippen molar-refractivity contribution >= 4 is 39.1 Å². The fourth-order valence-electron chi connectivity index (χ4n) is 5.35. The number of ketones is 1. The number of alkyl halides is 3. The monoisotopic (exact) mass is 729 g/mol. The fraction of sp³-hybridized carbons (Fsp3) is 0.353. The molecule has 50 heavy (non-hydrogen) atoms. The van der Waals surface area contributed by atoms with Gasteiger partial charge >= 0.3 is 18.2 Å². The number of pyridine rings is 1. The molecule has 0 atom stereocenters. The van der Waals surface area contributed by atoms with Crippen molar-refractivity contribution in [3.05, 3.63) is 106 Å². The first-order valence-electron chi connectivity index (χ1n) is 15.6. The van der Waals surface area contributed by atoms with Gasteiger partial charge < -0.3 is 14.8 Å². The Balaban J connectivity index is 1.10. The summed E-state index contributed by atoms with van der Waals surface area (Å²) >= 11 is 6.03. The van der Waals surface area contributed by atoms with Crippen LogP contribution in [0.5, 0.6) is 6.01 Å². The number of hydrogen-bond donors (Lipinski definition) is 1. The number of esters is 1. The standard InChI is InChI=1S/C34H31ClF3N5O6S/c35-26-9-7-25(8-10-26)33(13-14-33)43-30-40-28(41-31(42-30)49-21-34(36,37)38)16-22-3-5-24(6-4-22)27(44)19-50(46,47)32(11-12-32)20-48-29(45)17-23-2-1-15-39-18-23/h1-10,15,18H,11-14,16-17,19-21H2,(H,40,41,42,43). The van der Waals surface area contributed by atoms with E-state index in [1.54, 1.807) is 42.6 Å². The number of sulfone groups is 1. The number of hydrogen-bond acceptors (Lipinski definition) is 11. The van der Waals surface area contributed by atoms with Crippen LogP contribution in [0.2, 0.25) is 5.02 Å². The zero-order valence-electron chi connectivity index (χ0n) is 26.5. The molecule has 0 amide bonds. The van der Waals surface area contributed by atoms with Gasteiger partial charge in [0.05, 0.1) is 12.0 Å². The van der Waals surface area contributed by atoms with Gasteiger partial charge in [0.2, 0.25) is 5.95 Å². The molecule has 2 heterocycles. The number of benzene rings is 2. The SMILES string of the molecule is O=C(Cc1cccnc1)OCC1(S(=O)(=O)CC(=O)c2ccc(Cc3nc(NC4(c5ccc(Cl)cc5)CC4)nc(OCC(F)(F)F)n3)cc2)CC1. The molecule has 0 radical (unpaired) electrons. The van der Waals surface area contributed by atoms with Gasteiger partial charge in [-0.25, -0.2) is 8.42 Å². The molecule has 1 N–H and O–H groups in total. The first-order chi connectivity index (χ1) is 23.7. The molecule has 2 aromatic heterocycles. The molecule has 2 saturated carbocycles. The number of aromatic nitrogens is 4. The molecule has 4 aromatic rings. The van der Waals surface area contributed by atoms with Crippen LogP contribution in [0, 0.1) is 0 Å². The molecule has 0 spiro atoms. The third-order valence-corrected chi connectivity index (χ3v) is 11.3. The lowest BCUT2D eigenvalue weighted by molar-refractivity contribution is -0.154. The zero-order chi connectivity index (χ0) is 35.6. The van der Waals surface area contributed by atoms with Gasteiger partial charge in [-0.3, -0.25) is 14.6 Å². The molecular weight excluding hydrogens is 699 g/mol. The lowest BCUT2D eigenvalue weighted by Crippen LogP contribution is -2.34. The summed E-state index contributed by atoms with van der Waals surface area (Å²) in [4.78, 5) is 41.8. The minimum Gasteiger partial charge on any atom is -0.464 e. The van der Waals surface area contributed by atoms with Crippen LogP contribution in [0.25, 0.3) is 0 Å². The van der Waals surface area contributed by atoms with Crippen LogP contribution in [0.3, 0.4) is 0 Å². The summed E-state index contributed by atoms with van der Waals surface area (Å²) in [7, 11) is -3.95. The fourth-order valence-corrected chi connectivity index (χ4v) is 7.26. The van der Waals surface area contributed by atoms with Crippen LogP contribution in [-0.4, -0.2) is 70.0 Å². The summed E-state index contributed by atoms with van der Waals surface area (Å²) in [6, 6.07) is 16.1. The van der Waals surface area contributed by atoms with Gasteiger partial charge in [-0.2, -0.15) is 28.1 Å². The Labute approximate surface area is 290 Å². The molecule has 0 saturated heterocycles. The maximum atomic E-state index is 13.2. The van der Waals surface area contributed by atoms with E-state index in [1.807, 2.05) is 12.1 Å². The number of anilines is 1. The van der Waals surface area contributed by atoms with E-state index in [0.717, 1.165) is 18.4 Å². The number of carbonyl (C=O) groups excluding carboxylic acids is 2. The van der Waals surface area contributed by atoms with E-state index in [2.05, 4.69) is 25.3 Å². The van der Waals surface area contributed by atoms with Crippen LogP contribution >= 0.6 is 11.6 Å². The van der Waals surface area contributed by atoms with Gasteiger partial charge in [-0.1, -0.05) is 54.1 Å². The second-order valence-corrected chi connectivity index (χ2v) is 15.2. The number of ether oxygens (including phenoxy) is 2. The highest BCUT2D eigenvalue weighted by molar-refractivity contribution is 7.93. The van der Waals surface area contributed by atoms with E-state index < -0.39 is 56.4 Å². The smallest absolute Gasteiger partial charge is 0.422 e. The summed E-state index contributed by atoms with van der Waals surface area (Å²) in [6.07, 6.45) is 0.498. The van der Waals surface area contributed by atoms with Crippen molar-refractivity contribution in [2.24, 2.45) is 0 Å². The van der Waals surface area contributed by atoms with Crippen LogP contribution in [0.1, 0.15) is 58.6 Å². The second kappa shape index (κ2) is 13.9. The van der Waals surface area contributed by atoms with Crippen LogP contribution < -0.4 is 10.1 Å². The van der Waals surface area contributed by atoms with E-state index in [0.29, 0.717) is 16.1 Å². The average Bonchev–Trinajstić information content (AvgIpc) is 4.01. The Kier molecular flexibility index (Phi) is 9.82. The molecule has 0 unspecified atom stereocenters. The highest BCUT2D eigenvalue weighted by Gasteiger charge is 2.56. The lowest BCUT2D eigenvalue weighted by Gasteiger charge is -2.19. The van der Waals surface area contributed by atoms with Gasteiger partial charge in [0, 0.05) is 29.4 Å². The topological polar surface area (TPSA) is 150 Å². The normalized spacial score (nSPS) is 15.9. The van der Waals surface area contributed by atoms with Crippen LogP contribution in [0.4, 0.5) is 19.1 Å². The summed E-state index contributed by atoms with van der Waals surface area (Å²) in [5.74, 6) is -1.83. The van der Waals surface area contributed by atoms with Crippen molar-refractivity contribution in [3.63, 3.8) is 0 Å². The lowest BCUT2D eigenvalue weighted by atomic mass is 10.1. The molecule has 2 aromatic carbocycles. The highest BCUT2D eigenvalue weighted by atomic mass is 35.5. The molecule has 0 aliphatic heterocycles. The Morgan fingerprint density at radius 2 is 1.64 bits per heavy atom. The quantitative estimate of drug-likeness (QED) is 0.123. The van der Waals surface area contributed by atoms with E-state index >= 15 is 0 Å². The van der Waals surface area contributed by atoms with Gasteiger partial charge in [-0.05, 0) is 60.6 Å². The van der Waals surface area contributed by atoms with Crippen molar-refractivity contribution in [3.8, 4) is 6.01 Å². The average molecular weight is 730 g/mol. The van der Waals surface area contributed by atoms with Crippen molar-refractivity contribution in [1.29, 1.82) is 0 Å². The summed E-state index contributed by atoms with van der Waals surface area (Å²) in [6.45, 7) is -1.92. The first-order valence-corrected chi connectivity index (χ1v) is 17.6. The number of carbonyl (C=O) groups is 2. The van der Waals surface area contributed by atoms with E-state index in [1.165, 1.54) is 18.3 Å². The largest absolute Gasteiger partial charge is 0.464 e. The maximum absolute atomic E-state index is 13.2. The number of halogens is 4. The van der Waals surface area contributed by atoms with Gasteiger partial charge in [0.15, 0.2) is 22.2 Å². The molecule has 16 heteroatoms. The Bertz CT molecular complexity index is 1970. The summed E-state index contributed by atoms with van der Waals surface area (Å²) < 4.78 is 74.1. The molecule has 6 rings (SSSR count). The van der Waals surface area contributed by atoms with Crippen molar-refractivity contribution in [2.45, 2.75) is 55.0 Å². The Hall–Kier alpha value is -4.63. The summed E-state index contributed by atoms with van der Waals surface area (Å²) in [5, 5.41) is 3.78. The number of nitrogens with zero attached hydrogens (tertiary/aromatic N) is 4. The molecule has 2 aliphatic carbocycles. The molecule has 262 valence electrons. The molecule has 11 nitrogen and oxygen atoms in total. The predicted molar refractivity (Wildman–Crippen MR) is 176 cm³/mol. The molecular formula is C34H31ClF3N5O6S. The predicted octanol–water partition coefficient (Wildman–Crippen LogP) is 5.47. The van der Waals surface area contributed by atoms with E-state index in [4.69, 9.17) is 21.1 Å². The minimum atomic E-state index is -4.61. The number of nitrogens with one attached hydrogen (secondary N) is 1. The molecule has 0 bridgehead atoms. The first kappa shape index (κ1) is 35.2. The van der Waals surface area contributed by atoms with Crippen molar-refractivity contribution in [1.82, 2.24) is 19.9 Å². The van der Waals surface area contributed by atoms with Crippen LogP contribution in [0.15, 0.2) is 73.1 Å². The summed E-state index contributed by atoms with van der Waals surface area (Å²) in [5.41, 5.74) is 1.77. The molecule has 2 aliphatic rings. The van der Waals surface area contributed by atoms with Crippen LogP contribution in [-0.2, 0) is 37.7 Å². The number of Topliss-reactive ketones (excluding diaryl/α,β-unsaturated/α-hetero) is 1. The second-order valence-electron chi connectivity index (χ2n) is 12.4. The zero-order valence-corrected chi connectivity index (χ0v) is 28.0. The van der Waals surface area contributed by atoms with E-state index in [-0.39, 0.29) is 49.6 Å². The van der Waals surface area contributed by atoms with Gasteiger partial charge in [0.1, 0.15) is 22.9 Å². The van der Waals surface area contributed by atoms with Crippen molar-refractivity contribution < 1.29 is 40.7 Å². The van der Waals surface area contributed by atoms with Gasteiger partial charge in [-0.15, -0.1) is 0 Å². The Morgan fingerprint density at radius 1 is 0.920 bits per heavy atom. The maximum Gasteiger partial charge on any atom is 0.422 e. The van der Waals surface area contributed by atoms with Crippen molar-refractivity contribution in [2.75, 3.05) is 24.3 Å². The minimum absolute atomic E-state index is 0.0355. The third kappa shape index (κ3) is 8.74. The number of rotatable bonds is 15. The Morgan fingerprint density at radius 3 is 2.26 bits per heavy atom. The van der Waals surface area contributed by atoms with Gasteiger partial charge in [0.25, 0.3) is 0 Å².